The third kappa shape index (κ3) is 3.15. The van der Waals surface area contributed by atoms with Gasteiger partial charge in [0, 0.05) is 4.88 Å². The fourth-order valence-corrected chi connectivity index (χ4v) is 3.48. The van der Waals surface area contributed by atoms with Gasteiger partial charge in [0.15, 0.2) is 4.77 Å². The van der Waals surface area contributed by atoms with Crippen LogP contribution < -0.4 is 5.56 Å². The van der Waals surface area contributed by atoms with E-state index in [0.29, 0.717) is 5.39 Å². The first-order valence-electron chi connectivity index (χ1n) is 7.36. The minimum absolute atomic E-state index is 0.181. The zero-order valence-corrected chi connectivity index (χ0v) is 14.8. The fourth-order valence-electron chi connectivity index (χ4n) is 2.08. The van der Waals surface area contributed by atoms with Gasteiger partial charge in [-0.15, -0.1) is 11.3 Å². The summed E-state index contributed by atoms with van der Waals surface area (Å²) in [5, 5.41) is 0.568. The number of nitrogens with one attached hydrogen (secondary N) is 1. The van der Waals surface area contributed by atoms with Crippen molar-refractivity contribution in [2.45, 2.75) is 52.7 Å². The maximum Gasteiger partial charge on any atom is 0.329 e. The summed E-state index contributed by atoms with van der Waals surface area (Å²) in [7, 11) is 0. The van der Waals surface area contributed by atoms with Crippen molar-refractivity contribution in [3.8, 4) is 0 Å². The summed E-state index contributed by atoms with van der Waals surface area (Å²) >= 11 is 6.77. The standard InChI is InChI=1S/C15H20N2O3S2/c1-5-8(3)20-14(19)9(4)17-13(18)11-7-10(6-2)22-12(11)16-15(17)21/h7-9H,5-6H2,1-4H3,(H,16,21). The number of carbonyl (C=O) groups is 1. The molecule has 0 aliphatic rings. The van der Waals surface area contributed by atoms with E-state index in [2.05, 4.69) is 4.98 Å². The van der Waals surface area contributed by atoms with Gasteiger partial charge >= 0.3 is 5.97 Å². The van der Waals surface area contributed by atoms with Gasteiger partial charge in [0.2, 0.25) is 0 Å². The minimum Gasteiger partial charge on any atom is -0.461 e. The molecule has 2 heterocycles. The molecule has 2 atom stereocenters. The van der Waals surface area contributed by atoms with Crippen molar-refractivity contribution in [3.05, 3.63) is 26.1 Å². The van der Waals surface area contributed by atoms with Crippen LogP contribution >= 0.6 is 23.6 Å². The number of esters is 1. The zero-order valence-electron chi connectivity index (χ0n) is 13.1. The SMILES string of the molecule is CCc1cc2c(=O)n(C(C)C(=O)OC(C)CC)c(=S)[nH]c2s1. The van der Waals surface area contributed by atoms with Crippen molar-refractivity contribution in [1.29, 1.82) is 0 Å². The van der Waals surface area contributed by atoms with Crippen molar-refractivity contribution in [3.63, 3.8) is 0 Å². The van der Waals surface area contributed by atoms with Gasteiger partial charge in [-0.25, -0.2) is 4.79 Å². The molecule has 7 heteroatoms. The molecule has 2 aromatic rings. The van der Waals surface area contributed by atoms with Gasteiger partial charge in [0.25, 0.3) is 5.56 Å². The molecule has 0 amide bonds. The second kappa shape index (κ2) is 6.75. The molecule has 22 heavy (non-hydrogen) atoms. The molecule has 0 saturated heterocycles. The van der Waals surface area contributed by atoms with Crippen LogP contribution in [0.3, 0.4) is 0 Å². The van der Waals surface area contributed by atoms with E-state index in [0.717, 1.165) is 22.5 Å². The normalized spacial score (nSPS) is 14.0. The predicted molar refractivity (Wildman–Crippen MR) is 91.2 cm³/mol. The molecule has 0 saturated carbocycles. The molecule has 2 rings (SSSR count). The number of H-pyrrole nitrogens is 1. The molecule has 120 valence electrons. The van der Waals surface area contributed by atoms with Crippen molar-refractivity contribution in [2.24, 2.45) is 0 Å². The van der Waals surface area contributed by atoms with Gasteiger partial charge in [0.05, 0.1) is 11.5 Å². The summed E-state index contributed by atoms with van der Waals surface area (Å²) in [6.45, 7) is 7.42. The van der Waals surface area contributed by atoms with Crippen LogP contribution in [0, 0.1) is 4.77 Å². The Morgan fingerprint density at radius 1 is 1.45 bits per heavy atom. The molecule has 0 fully saturated rings. The molecule has 0 radical (unpaired) electrons. The van der Waals surface area contributed by atoms with Gasteiger partial charge in [-0.1, -0.05) is 13.8 Å². The van der Waals surface area contributed by atoms with Gasteiger partial charge in [-0.2, -0.15) is 0 Å². The van der Waals surface area contributed by atoms with E-state index in [-0.39, 0.29) is 16.4 Å². The lowest BCUT2D eigenvalue weighted by molar-refractivity contribution is -0.152. The molecule has 0 aliphatic carbocycles. The molecule has 2 unspecified atom stereocenters. The predicted octanol–water partition coefficient (Wildman–Crippen LogP) is 3.59. The first-order chi connectivity index (χ1) is 10.4. The molecule has 0 aliphatic heterocycles. The number of carbonyl (C=O) groups excluding carboxylic acids is 1. The number of hydrogen-bond acceptors (Lipinski definition) is 5. The number of ether oxygens (including phenoxy) is 1. The van der Waals surface area contributed by atoms with Crippen LogP contribution in [-0.4, -0.2) is 21.6 Å². The third-order valence-electron chi connectivity index (χ3n) is 3.64. The Hall–Kier alpha value is -1.47. The van der Waals surface area contributed by atoms with Crippen LogP contribution in [0.15, 0.2) is 10.9 Å². The number of aromatic amines is 1. The average molecular weight is 340 g/mol. The van der Waals surface area contributed by atoms with Crippen LogP contribution in [0.1, 0.15) is 45.0 Å². The van der Waals surface area contributed by atoms with Crippen molar-refractivity contribution < 1.29 is 9.53 Å². The summed E-state index contributed by atoms with van der Waals surface area (Å²) < 4.78 is 6.85. The van der Waals surface area contributed by atoms with E-state index in [1.54, 1.807) is 6.92 Å². The van der Waals surface area contributed by atoms with E-state index in [9.17, 15) is 9.59 Å². The lowest BCUT2D eigenvalue weighted by Crippen LogP contribution is -2.31. The van der Waals surface area contributed by atoms with E-state index in [4.69, 9.17) is 17.0 Å². The van der Waals surface area contributed by atoms with Gasteiger partial charge in [0.1, 0.15) is 10.9 Å². The highest BCUT2D eigenvalue weighted by Gasteiger charge is 2.22. The molecular formula is C15H20N2O3S2. The Morgan fingerprint density at radius 3 is 2.73 bits per heavy atom. The number of rotatable bonds is 5. The number of fused-ring (bicyclic) bond motifs is 1. The Morgan fingerprint density at radius 2 is 2.14 bits per heavy atom. The van der Waals surface area contributed by atoms with Crippen molar-refractivity contribution in [2.75, 3.05) is 0 Å². The van der Waals surface area contributed by atoms with Gasteiger partial charge in [-0.3, -0.25) is 9.36 Å². The number of hydrogen-bond donors (Lipinski definition) is 1. The van der Waals surface area contributed by atoms with Crippen LogP contribution in [0.4, 0.5) is 0 Å². The largest absolute Gasteiger partial charge is 0.461 e. The third-order valence-corrected chi connectivity index (χ3v) is 5.13. The van der Waals surface area contributed by atoms with Gasteiger partial charge in [-0.05, 0) is 45.0 Å². The van der Waals surface area contributed by atoms with Gasteiger partial charge < -0.3 is 9.72 Å². The molecule has 5 nitrogen and oxygen atoms in total. The van der Waals surface area contributed by atoms with Crippen molar-refractivity contribution in [1.82, 2.24) is 9.55 Å². The molecule has 0 aromatic carbocycles. The molecular weight excluding hydrogens is 320 g/mol. The van der Waals surface area contributed by atoms with E-state index < -0.39 is 12.0 Å². The zero-order chi connectivity index (χ0) is 16.4. The van der Waals surface area contributed by atoms with E-state index >= 15 is 0 Å². The summed E-state index contributed by atoms with van der Waals surface area (Å²) in [6.07, 6.45) is 1.40. The fraction of sp³-hybridized carbons (Fsp3) is 0.533. The Bertz CT molecular complexity index is 803. The van der Waals surface area contributed by atoms with E-state index in [1.807, 2.05) is 26.8 Å². The smallest absolute Gasteiger partial charge is 0.329 e. The second-order valence-electron chi connectivity index (χ2n) is 5.25. The lowest BCUT2D eigenvalue weighted by atomic mass is 10.3. The van der Waals surface area contributed by atoms with E-state index in [1.165, 1.54) is 15.9 Å². The highest BCUT2D eigenvalue weighted by atomic mass is 32.1. The highest BCUT2D eigenvalue weighted by Crippen LogP contribution is 2.22. The topological polar surface area (TPSA) is 64.1 Å². The second-order valence-corrected chi connectivity index (χ2v) is 6.77. The number of aryl methyl sites for hydroxylation is 1. The minimum atomic E-state index is -0.750. The summed E-state index contributed by atoms with van der Waals surface area (Å²) in [4.78, 5) is 29.7. The number of aromatic nitrogens is 2. The average Bonchev–Trinajstić information content (AvgIpc) is 2.90. The van der Waals surface area contributed by atoms with Crippen LogP contribution in [-0.2, 0) is 16.0 Å². The summed E-state index contributed by atoms with van der Waals surface area (Å²) in [5.41, 5.74) is -0.247. The number of nitrogens with zero attached hydrogens (tertiary/aromatic N) is 1. The monoisotopic (exact) mass is 340 g/mol. The van der Waals surface area contributed by atoms with Crippen LogP contribution in [0.25, 0.3) is 10.2 Å². The summed E-state index contributed by atoms with van der Waals surface area (Å²) in [5.74, 6) is -0.443. The maximum absolute atomic E-state index is 12.7. The van der Waals surface area contributed by atoms with Crippen LogP contribution in [0.2, 0.25) is 0 Å². The molecule has 0 bridgehead atoms. The van der Waals surface area contributed by atoms with Crippen LogP contribution in [0.5, 0.6) is 0 Å². The quantitative estimate of drug-likeness (QED) is 0.667. The van der Waals surface area contributed by atoms with Crippen molar-refractivity contribution >= 4 is 39.7 Å². The Labute approximate surface area is 137 Å². The molecule has 2 aromatic heterocycles. The summed E-state index contributed by atoms with van der Waals surface area (Å²) in [6, 6.07) is 1.11. The molecule has 1 N–H and O–H groups in total. The first kappa shape index (κ1) is 16.9. The lowest BCUT2D eigenvalue weighted by Gasteiger charge is -2.17. The molecule has 0 spiro atoms. The first-order valence-corrected chi connectivity index (χ1v) is 8.59. The highest BCUT2D eigenvalue weighted by molar-refractivity contribution is 7.71. The Kier molecular flexibility index (Phi) is 5.18. The maximum atomic E-state index is 12.7. The number of thiophene rings is 1. The Balaban J connectivity index is 2.48.